The van der Waals surface area contributed by atoms with Crippen LogP contribution in [0.4, 0.5) is 0 Å². The number of nitrogens with one attached hydrogen (secondary N) is 1. The van der Waals surface area contributed by atoms with Gasteiger partial charge < -0.3 is 5.32 Å². The molecule has 3 rings (SSSR count). The molecule has 3 nitrogen and oxygen atoms in total. The number of rotatable bonds is 4. The van der Waals surface area contributed by atoms with E-state index in [-0.39, 0.29) is 11.9 Å². The summed E-state index contributed by atoms with van der Waals surface area (Å²) in [6.45, 7) is 3.97. The zero-order valence-electron chi connectivity index (χ0n) is 12.7. The van der Waals surface area contributed by atoms with Crippen molar-refractivity contribution in [1.82, 2.24) is 10.3 Å². The minimum Gasteiger partial charge on any atom is -0.349 e. The van der Waals surface area contributed by atoms with Gasteiger partial charge in [0.25, 0.3) is 0 Å². The van der Waals surface area contributed by atoms with E-state index in [9.17, 15) is 4.79 Å². The highest BCUT2D eigenvalue weighted by atomic mass is 32.1. The number of nitrogens with zero attached hydrogens (tertiary/aromatic N) is 1. The highest BCUT2D eigenvalue weighted by Gasteiger charge is 2.13. The Kier molecular flexibility index (Phi) is 4.20. The molecule has 0 saturated carbocycles. The van der Waals surface area contributed by atoms with Gasteiger partial charge in [-0.15, -0.1) is 11.3 Å². The summed E-state index contributed by atoms with van der Waals surface area (Å²) in [5.41, 5.74) is 1.98. The maximum Gasteiger partial charge on any atom is 0.226 e. The number of carbonyl (C=O) groups is 1. The highest BCUT2D eigenvalue weighted by molar-refractivity contribution is 7.09. The standard InChI is InChI=1S/C18H18N2OS/c1-12(19-18(21)10-15-11-22-13(2)20-15)16-9-5-7-14-6-3-4-8-17(14)16/h3-9,11-12H,10H2,1-2H3,(H,19,21). The summed E-state index contributed by atoms with van der Waals surface area (Å²) in [7, 11) is 0. The summed E-state index contributed by atoms with van der Waals surface area (Å²) in [5, 5.41) is 8.38. The zero-order chi connectivity index (χ0) is 15.5. The summed E-state index contributed by atoms with van der Waals surface area (Å²) in [5.74, 6) is 0.00531. The molecular weight excluding hydrogens is 292 g/mol. The van der Waals surface area contributed by atoms with Gasteiger partial charge in [0, 0.05) is 5.38 Å². The highest BCUT2D eigenvalue weighted by Crippen LogP contribution is 2.24. The summed E-state index contributed by atoms with van der Waals surface area (Å²) < 4.78 is 0. The molecule has 0 aliphatic carbocycles. The first-order valence-electron chi connectivity index (χ1n) is 7.31. The Labute approximate surface area is 134 Å². The summed E-state index contributed by atoms with van der Waals surface area (Å²) in [6, 6.07) is 14.4. The van der Waals surface area contributed by atoms with Crippen LogP contribution < -0.4 is 5.32 Å². The fraction of sp³-hybridized carbons (Fsp3) is 0.222. The number of amides is 1. The lowest BCUT2D eigenvalue weighted by Crippen LogP contribution is -2.28. The number of carbonyl (C=O) groups excluding carboxylic acids is 1. The molecule has 0 radical (unpaired) electrons. The van der Waals surface area contributed by atoms with Gasteiger partial charge in [-0.25, -0.2) is 4.98 Å². The number of benzene rings is 2. The average Bonchev–Trinajstić information content (AvgIpc) is 2.91. The molecule has 0 aliphatic rings. The van der Waals surface area contributed by atoms with Crippen LogP contribution in [0.15, 0.2) is 47.8 Å². The second-order valence-corrected chi connectivity index (χ2v) is 6.45. The second kappa shape index (κ2) is 6.28. The van der Waals surface area contributed by atoms with Crippen molar-refractivity contribution in [3.63, 3.8) is 0 Å². The number of hydrogen-bond donors (Lipinski definition) is 1. The molecule has 1 atom stereocenters. The molecule has 1 amide bonds. The Bertz CT molecular complexity index is 804. The van der Waals surface area contributed by atoms with Crippen molar-refractivity contribution in [3.8, 4) is 0 Å². The van der Waals surface area contributed by atoms with Crippen molar-refractivity contribution >= 4 is 28.0 Å². The number of aromatic nitrogens is 1. The van der Waals surface area contributed by atoms with E-state index >= 15 is 0 Å². The van der Waals surface area contributed by atoms with Gasteiger partial charge in [-0.3, -0.25) is 4.79 Å². The fourth-order valence-corrected chi connectivity index (χ4v) is 3.26. The summed E-state index contributed by atoms with van der Waals surface area (Å²) in [6.07, 6.45) is 0.333. The quantitative estimate of drug-likeness (QED) is 0.790. The van der Waals surface area contributed by atoms with Gasteiger partial charge in [0.05, 0.1) is 23.2 Å². The number of thiazole rings is 1. The average molecular weight is 310 g/mol. The SMILES string of the molecule is Cc1nc(CC(=O)NC(C)c2cccc3ccccc23)cs1. The van der Waals surface area contributed by atoms with Gasteiger partial charge >= 0.3 is 0 Å². The first kappa shape index (κ1) is 14.7. The Balaban J connectivity index is 1.75. The molecule has 0 bridgehead atoms. The van der Waals surface area contributed by atoms with Crippen LogP contribution in [0, 0.1) is 6.92 Å². The van der Waals surface area contributed by atoms with Crippen molar-refractivity contribution < 1.29 is 4.79 Å². The van der Waals surface area contributed by atoms with E-state index in [0.717, 1.165) is 16.3 Å². The van der Waals surface area contributed by atoms with Crippen LogP contribution in [0.5, 0.6) is 0 Å². The lowest BCUT2D eigenvalue weighted by atomic mass is 9.99. The van der Waals surface area contributed by atoms with Gasteiger partial charge in [-0.05, 0) is 30.2 Å². The van der Waals surface area contributed by atoms with Gasteiger partial charge in [0.2, 0.25) is 5.91 Å². The maximum absolute atomic E-state index is 12.2. The van der Waals surface area contributed by atoms with Gasteiger partial charge in [0.15, 0.2) is 0 Å². The van der Waals surface area contributed by atoms with E-state index in [1.807, 2.05) is 37.4 Å². The number of aryl methyl sites for hydroxylation is 1. The zero-order valence-corrected chi connectivity index (χ0v) is 13.5. The first-order valence-corrected chi connectivity index (χ1v) is 8.19. The molecule has 0 fully saturated rings. The van der Waals surface area contributed by atoms with Crippen LogP contribution in [0.3, 0.4) is 0 Å². The van der Waals surface area contributed by atoms with E-state index in [1.54, 1.807) is 11.3 Å². The van der Waals surface area contributed by atoms with E-state index < -0.39 is 0 Å². The molecule has 2 aromatic carbocycles. The van der Waals surface area contributed by atoms with Gasteiger partial charge in [-0.1, -0.05) is 42.5 Å². The third-order valence-electron chi connectivity index (χ3n) is 3.68. The van der Waals surface area contributed by atoms with Crippen LogP contribution >= 0.6 is 11.3 Å². The van der Waals surface area contributed by atoms with E-state index in [0.29, 0.717) is 6.42 Å². The predicted octanol–water partition coefficient (Wildman–Crippen LogP) is 4.02. The van der Waals surface area contributed by atoms with E-state index in [2.05, 4.69) is 34.6 Å². The largest absolute Gasteiger partial charge is 0.349 e. The van der Waals surface area contributed by atoms with Crippen molar-refractivity contribution in [2.75, 3.05) is 0 Å². The molecule has 0 saturated heterocycles. The van der Waals surface area contributed by atoms with Crippen molar-refractivity contribution in [1.29, 1.82) is 0 Å². The smallest absolute Gasteiger partial charge is 0.226 e. The minimum atomic E-state index is -0.0293. The van der Waals surface area contributed by atoms with Crippen LogP contribution in [0.2, 0.25) is 0 Å². The van der Waals surface area contributed by atoms with Crippen LogP contribution in [-0.2, 0) is 11.2 Å². The van der Waals surface area contributed by atoms with Gasteiger partial charge in [-0.2, -0.15) is 0 Å². The lowest BCUT2D eigenvalue weighted by Gasteiger charge is -2.16. The second-order valence-electron chi connectivity index (χ2n) is 5.39. The molecule has 1 heterocycles. The third kappa shape index (κ3) is 3.17. The summed E-state index contributed by atoms with van der Waals surface area (Å²) in [4.78, 5) is 16.5. The minimum absolute atomic E-state index is 0.00531. The Morgan fingerprint density at radius 3 is 2.77 bits per heavy atom. The Hall–Kier alpha value is -2.20. The van der Waals surface area contributed by atoms with Crippen molar-refractivity contribution in [3.05, 3.63) is 64.1 Å². The normalized spacial score (nSPS) is 12.3. The Morgan fingerprint density at radius 2 is 2.00 bits per heavy atom. The lowest BCUT2D eigenvalue weighted by molar-refractivity contribution is -0.121. The van der Waals surface area contributed by atoms with Crippen LogP contribution in [0.25, 0.3) is 10.8 Å². The van der Waals surface area contributed by atoms with Crippen molar-refractivity contribution in [2.45, 2.75) is 26.3 Å². The molecule has 22 heavy (non-hydrogen) atoms. The molecule has 4 heteroatoms. The third-order valence-corrected chi connectivity index (χ3v) is 4.50. The van der Waals surface area contributed by atoms with E-state index in [4.69, 9.17) is 0 Å². The molecule has 0 aliphatic heterocycles. The fourth-order valence-electron chi connectivity index (χ4n) is 2.65. The molecule has 1 unspecified atom stereocenters. The monoisotopic (exact) mass is 310 g/mol. The molecule has 1 N–H and O–H groups in total. The van der Waals surface area contributed by atoms with Crippen molar-refractivity contribution in [2.24, 2.45) is 0 Å². The topological polar surface area (TPSA) is 42.0 Å². The molecule has 0 spiro atoms. The number of hydrogen-bond acceptors (Lipinski definition) is 3. The molecule has 1 aromatic heterocycles. The van der Waals surface area contributed by atoms with E-state index in [1.165, 1.54) is 10.8 Å². The predicted molar refractivity (Wildman–Crippen MR) is 91.1 cm³/mol. The maximum atomic E-state index is 12.2. The van der Waals surface area contributed by atoms with Crippen LogP contribution in [0.1, 0.15) is 29.2 Å². The molecule has 3 aromatic rings. The van der Waals surface area contributed by atoms with Crippen LogP contribution in [-0.4, -0.2) is 10.9 Å². The number of fused-ring (bicyclic) bond motifs is 1. The first-order chi connectivity index (χ1) is 10.6. The molecular formula is C18H18N2OS. The Morgan fingerprint density at radius 1 is 1.23 bits per heavy atom. The van der Waals surface area contributed by atoms with Gasteiger partial charge in [0.1, 0.15) is 0 Å². The molecule has 112 valence electrons. The summed E-state index contributed by atoms with van der Waals surface area (Å²) >= 11 is 1.57.